The van der Waals surface area contributed by atoms with Crippen molar-refractivity contribution in [2.75, 3.05) is 6.61 Å². The molecule has 1 aromatic rings. The van der Waals surface area contributed by atoms with E-state index in [4.69, 9.17) is 28.3 Å². The fourth-order valence-corrected chi connectivity index (χ4v) is 2.00. The first-order chi connectivity index (χ1) is 7.25. The second-order valence-corrected chi connectivity index (χ2v) is 4.28. The molecule has 0 atom stereocenters. The third-order valence-electron chi connectivity index (χ3n) is 2.29. The van der Waals surface area contributed by atoms with Crippen molar-refractivity contribution in [3.05, 3.63) is 28.0 Å². The fourth-order valence-electron chi connectivity index (χ4n) is 1.44. The molecule has 2 nitrogen and oxygen atoms in total. The quantitative estimate of drug-likeness (QED) is 0.782. The summed E-state index contributed by atoms with van der Waals surface area (Å²) in [5.41, 5.74) is 0.984. The number of pyridine rings is 1. The van der Waals surface area contributed by atoms with Gasteiger partial charge in [0.2, 0.25) is 0 Å². The normalized spacial score (nSPS) is 10.6. The number of unbranched alkanes of at least 4 members (excludes halogenated alkanes) is 3. The van der Waals surface area contributed by atoms with E-state index < -0.39 is 0 Å². The molecule has 84 valence electrons. The van der Waals surface area contributed by atoms with Gasteiger partial charge in [0.1, 0.15) is 0 Å². The molecular formula is C11H15Cl2NO. The van der Waals surface area contributed by atoms with Gasteiger partial charge in [-0.25, -0.2) is 0 Å². The predicted octanol–water partition coefficient (Wildman–Crippen LogP) is 3.48. The van der Waals surface area contributed by atoms with E-state index in [1.165, 1.54) is 0 Å². The van der Waals surface area contributed by atoms with Crippen LogP contribution < -0.4 is 0 Å². The lowest BCUT2D eigenvalue weighted by atomic mass is 10.1. The zero-order valence-electron chi connectivity index (χ0n) is 8.55. The Morgan fingerprint density at radius 3 is 2.20 bits per heavy atom. The number of halogens is 2. The first-order valence-corrected chi connectivity index (χ1v) is 5.90. The van der Waals surface area contributed by atoms with Gasteiger partial charge in [-0.1, -0.05) is 36.0 Å². The summed E-state index contributed by atoms with van der Waals surface area (Å²) in [5, 5.41) is 9.91. The second kappa shape index (κ2) is 7.04. The fraction of sp³-hybridized carbons (Fsp3) is 0.545. The minimum Gasteiger partial charge on any atom is -0.396 e. The van der Waals surface area contributed by atoms with Crippen LogP contribution >= 0.6 is 23.2 Å². The molecule has 15 heavy (non-hydrogen) atoms. The zero-order chi connectivity index (χ0) is 11.1. The highest BCUT2D eigenvalue weighted by molar-refractivity contribution is 6.35. The maximum atomic E-state index is 8.62. The second-order valence-electron chi connectivity index (χ2n) is 3.47. The number of aliphatic hydroxyl groups excluding tert-OH is 1. The minimum atomic E-state index is 0.275. The zero-order valence-corrected chi connectivity index (χ0v) is 10.1. The standard InChI is InChI=1S/C11H15Cl2NO/c12-10-7-14-8-11(13)9(10)5-3-1-2-4-6-15/h7-8,15H,1-6H2. The molecule has 0 spiro atoms. The van der Waals surface area contributed by atoms with Gasteiger partial charge >= 0.3 is 0 Å². The number of hydrogen-bond donors (Lipinski definition) is 1. The van der Waals surface area contributed by atoms with Crippen molar-refractivity contribution in [3.8, 4) is 0 Å². The molecule has 0 bridgehead atoms. The van der Waals surface area contributed by atoms with Gasteiger partial charge in [0, 0.05) is 19.0 Å². The maximum absolute atomic E-state index is 8.62. The van der Waals surface area contributed by atoms with Crippen molar-refractivity contribution >= 4 is 23.2 Å². The lowest BCUT2D eigenvalue weighted by Crippen LogP contribution is -1.91. The largest absolute Gasteiger partial charge is 0.396 e. The summed E-state index contributed by atoms with van der Waals surface area (Å²) in [6, 6.07) is 0. The van der Waals surface area contributed by atoms with Crippen LogP contribution in [0, 0.1) is 0 Å². The molecule has 0 aromatic carbocycles. The Hall–Kier alpha value is -0.310. The van der Waals surface area contributed by atoms with Gasteiger partial charge in [-0.3, -0.25) is 4.98 Å². The number of rotatable bonds is 6. The lowest BCUT2D eigenvalue weighted by molar-refractivity contribution is 0.282. The van der Waals surface area contributed by atoms with Crippen LogP contribution in [0.25, 0.3) is 0 Å². The highest BCUT2D eigenvalue weighted by atomic mass is 35.5. The van der Waals surface area contributed by atoms with E-state index in [0.29, 0.717) is 10.0 Å². The van der Waals surface area contributed by atoms with Gasteiger partial charge in [-0.15, -0.1) is 0 Å². The van der Waals surface area contributed by atoms with Crippen LogP contribution in [0.5, 0.6) is 0 Å². The van der Waals surface area contributed by atoms with Gasteiger partial charge in [-0.2, -0.15) is 0 Å². The van der Waals surface area contributed by atoms with Crippen LogP contribution in [0.15, 0.2) is 12.4 Å². The molecule has 0 fully saturated rings. The molecule has 1 N–H and O–H groups in total. The monoisotopic (exact) mass is 247 g/mol. The number of nitrogens with zero attached hydrogens (tertiary/aromatic N) is 1. The van der Waals surface area contributed by atoms with Crippen LogP contribution in [-0.4, -0.2) is 16.7 Å². The van der Waals surface area contributed by atoms with Crippen molar-refractivity contribution in [2.45, 2.75) is 32.1 Å². The Balaban J connectivity index is 2.37. The summed E-state index contributed by atoms with van der Waals surface area (Å²) >= 11 is 12.0. The van der Waals surface area contributed by atoms with Crippen LogP contribution in [-0.2, 0) is 6.42 Å². The smallest absolute Gasteiger partial charge is 0.0636 e. The van der Waals surface area contributed by atoms with Gasteiger partial charge < -0.3 is 5.11 Å². The molecule has 0 radical (unpaired) electrons. The van der Waals surface area contributed by atoms with Crippen LogP contribution in [0.4, 0.5) is 0 Å². The highest BCUT2D eigenvalue weighted by Gasteiger charge is 2.05. The Kier molecular flexibility index (Phi) is 5.99. The first-order valence-electron chi connectivity index (χ1n) is 5.14. The third kappa shape index (κ3) is 4.37. The first kappa shape index (κ1) is 12.8. The van der Waals surface area contributed by atoms with E-state index in [1.807, 2.05) is 0 Å². The summed E-state index contributed by atoms with van der Waals surface area (Å²) in [5.74, 6) is 0. The van der Waals surface area contributed by atoms with E-state index in [0.717, 1.165) is 37.7 Å². The van der Waals surface area contributed by atoms with E-state index in [1.54, 1.807) is 12.4 Å². The van der Waals surface area contributed by atoms with Crippen molar-refractivity contribution in [1.82, 2.24) is 4.98 Å². The molecule has 1 heterocycles. The maximum Gasteiger partial charge on any atom is 0.0636 e. The van der Waals surface area contributed by atoms with Crippen molar-refractivity contribution in [1.29, 1.82) is 0 Å². The summed E-state index contributed by atoms with van der Waals surface area (Å²) in [6.45, 7) is 0.275. The average Bonchev–Trinajstić information content (AvgIpc) is 2.21. The van der Waals surface area contributed by atoms with Gasteiger partial charge in [0.15, 0.2) is 0 Å². The molecule has 0 saturated heterocycles. The van der Waals surface area contributed by atoms with Crippen LogP contribution in [0.3, 0.4) is 0 Å². The minimum absolute atomic E-state index is 0.275. The molecule has 1 rings (SSSR count). The van der Waals surface area contributed by atoms with E-state index in [2.05, 4.69) is 4.98 Å². The Bertz CT molecular complexity index is 284. The molecule has 0 amide bonds. The molecule has 0 aliphatic carbocycles. The Morgan fingerprint density at radius 1 is 1.00 bits per heavy atom. The summed E-state index contributed by atoms with van der Waals surface area (Å²) in [7, 11) is 0. The molecule has 0 aliphatic heterocycles. The molecule has 0 saturated carbocycles. The lowest BCUT2D eigenvalue weighted by Gasteiger charge is -2.05. The van der Waals surface area contributed by atoms with Gasteiger partial charge in [0.25, 0.3) is 0 Å². The summed E-state index contributed by atoms with van der Waals surface area (Å²) in [4.78, 5) is 3.91. The summed E-state index contributed by atoms with van der Waals surface area (Å²) < 4.78 is 0. The van der Waals surface area contributed by atoms with Gasteiger partial charge in [-0.05, 0) is 24.8 Å². The van der Waals surface area contributed by atoms with E-state index in [9.17, 15) is 0 Å². The topological polar surface area (TPSA) is 33.1 Å². The number of aromatic nitrogens is 1. The number of hydrogen-bond acceptors (Lipinski definition) is 2. The third-order valence-corrected chi connectivity index (χ3v) is 2.94. The molecular weight excluding hydrogens is 233 g/mol. The SMILES string of the molecule is OCCCCCCc1c(Cl)cncc1Cl. The Labute approximate surface area is 100 Å². The highest BCUT2D eigenvalue weighted by Crippen LogP contribution is 2.24. The molecule has 4 heteroatoms. The summed E-state index contributed by atoms with van der Waals surface area (Å²) in [6.07, 6.45) is 8.19. The van der Waals surface area contributed by atoms with E-state index >= 15 is 0 Å². The van der Waals surface area contributed by atoms with E-state index in [-0.39, 0.29) is 6.61 Å². The van der Waals surface area contributed by atoms with Crippen molar-refractivity contribution in [3.63, 3.8) is 0 Å². The molecule has 1 aromatic heterocycles. The van der Waals surface area contributed by atoms with Crippen LogP contribution in [0.1, 0.15) is 31.2 Å². The number of aliphatic hydroxyl groups is 1. The molecule has 0 unspecified atom stereocenters. The van der Waals surface area contributed by atoms with Crippen LogP contribution in [0.2, 0.25) is 10.0 Å². The van der Waals surface area contributed by atoms with Crippen molar-refractivity contribution < 1.29 is 5.11 Å². The van der Waals surface area contributed by atoms with Gasteiger partial charge in [0.05, 0.1) is 10.0 Å². The van der Waals surface area contributed by atoms with Crippen molar-refractivity contribution in [2.24, 2.45) is 0 Å². The Morgan fingerprint density at radius 2 is 1.60 bits per heavy atom. The molecule has 0 aliphatic rings. The average molecular weight is 248 g/mol. The predicted molar refractivity (Wildman–Crippen MR) is 63.5 cm³/mol.